The van der Waals surface area contributed by atoms with Crippen molar-refractivity contribution in [2.24, 2.45) is 0 Å². The van der Waals surface area contributed by atoms with E-state index in [0.29, 0.717) is 22.9 Å². The van der Waals surface area contributed by atoms with Crippen molar-refractivity contribution in [3.63, 3.8) is 0 Å². The van der Waals surface area contributed by atoms with Gasteiger partial charge >= 0.3 is 5.97 Å². The van der Waals surface area contributed by atoms with Gasteiger partial charge in [-0.3, -0.25) is 4.98 Å². The van der Waals surface area contributed by atoms with E-state index in [-0.39, 0.29) is 5.97 Å². The molecule has 0 aromatic carbocycles. The molecule has 0 aliphatic carbocycles. The largest absolute Gasteiger partial charge is 0.462 e. The lowest BCUT2D eigenvalue weighted by atomic mass is 10.2. The highest BCUT2D eigenvalue weighted by Crippen LogP contribution is 2.27. The zero-order chi connectivity index (χ0) is 12.3. The zero-order valence-corrected chi connectivity index (χ0v) is 10.5. The first kappa shape index (κ1) is 11.7. The van der Waals surface area contributed by atoms with Crippen LogP contribution in [0.4, 0.5) is 0 Å². The summed E-state index contributed by atoms with van der Waals surface area (Å²) >= 11 is 1.33. The summed E-state index contributed by atoms with van der Waals surface area (Å²) in [4.78, 5) is 20.8. The SMILES string of the molecule is CCOC(=O)c1sc(C)nc1-c1ccccn1. The number of carbonyl (C=O) groups is 1. The Kier molecular flexibility index (Phi) is 3.49. The molecule has 2 heterocycles. The second kappa shape index (κ2) is 5.05. The Morgan fingerprint density at radius 1 is 1.47 bits per heavy atom. The highest BCUT2D eigenvalue weighted by molar-refractivity contribution is 7.14. The van der Waals surface area contributed by atoms with Crippen LogP contribution >= 0.6 is 11.3 Å². The van der Waals surface area contributed by atoms with E-state index in [1.165, 1.54) is 11.3 Å². The first-order valence-electron chi connectivity index (χ1n) is 5.28. The Labute approximate surface area is 103 Å². The van der Waals surface area contributed by atoms with E-state index in [2.05, 4.69) is 9.97 Å². The van der Waals surface area contributed by atoms with Gasteiger partial charge in [0.2, 0.25) is 0 Å². The fourth-order valence-electron chi connectivity index (χ4n) is 1.44. The molecule has 0 radical (unpaired) electrons. The molecule has 0 N–H and O–H groups in total. The van der Waals surface area contributed by atoms with Crippen LogP contribution in [0.3, 0.4) is 0 Å². The summed E-state index contributed by atoms with van der Waals surface area (Å²) in [6.07, 6.45) is 1.68. The molecule has 0 saturated heterocycles. The lowest BCUT2D eigenvalue weighted by Gasteiger charge is -2.01. The molecule has 0 unspecified atom stereocenters. The highest BCUT2D eigenvalue weighted by atomic mass is 32.1. The minimum Gasteiger partial charge on any atom is -0.462 e. The van der Waals surface area contributed by atoms with Crippen LogP contribution in [0.5, 0.6) is 0 Å². The maximum atomic E-state index is 11.8. The molecule has 4 nitrogen and oxygen atoms in total. The summed E-state index contributed by atoms with van der Waals surface area (Å²) in [5, 5.41) is 0.828. The zero-order valence-electron chi connectivity index (χ0n) is 9.64. The summed E-state index contributed by atoms with van der Waals surface area (Å²) < 4.78 is 5.01. The topological polar surface area (TPSA) is 52.1 Å². The Morgan fingerprint density at radius 2 is 2.29 bits per heavy atom. The fourth-order valence-corrected chi connectivity index (χ4v) is 2.26. The maximum Gasteiger partial charge on any atom is 0.350 e. The third-order valence-corrected chi connectivity index (χ3v) is 3.05. The van der Waals surface area contributed by atoms with Gasteiger partial charge in [-0.25, -0.2) is 9.78 Å². The van der Waals surface area contributed by atoms with Crippen LogP contribution in [0, 0.1) is 6.92 Å². The van der Waals surface area contributed by atoms with Gasteiger partial charge in [-0.05, 0) is 26.0 Å². The Hall–Kier alpha value is -1.75. The number of nitrogens with zero attached hydrogens (tertiary/aromatic N) is 2. The highest BCUT2D eigenvalue weighted by Gasteiger charge is 2.19. The number of thiazole rings is 1. The fraction of sp³-hybridized carbons (Fsp3) is 0.250. The van der Waals surface area contributed by atoms with E-state index in [4.69, 9.17) is 4.74 Å². The molecule has 17 heavy (non-hydrogen) atoms. The molecule has 2 aromatic heterocycles. The molecule has 0 aliphatic heterocycles. The Morgan fingerprint density at radius 3 is 2.94 bits per heavy atom. The maximum absolute atomic E-state index is 11.8. The van der Waals surface area contributed by atoms with Crippen molar-refractivity contribution in [3.05, 3.63) is 34.3 Å². The molecule has 5 heteroatoms. The minimum atomic E-state index is -0.334. The number of carbonyl (C=O) groups excluding carboxylic acids is 1. The number of aryl methyl sites for hydroxylation is 1. The molecular weight excluding hydrogens is 236 g/mol. The number of aromatic nitrogens is 2. The van der Waals surface area contributed by atoms with E-state index in [1.54, 1.807) is 13.1 Å². The molecule has 0 saturated carbocycles. The standard InChI is InChI=1S/C12H12N2O2S/c1-3-16-12(15)11-10(14-8(2)17-11)9-6-4-5-7-13-9/h4-7H,3H2,1-2H3. The van der Waals surface area contributed by atoms with Crippen molar-refractivity contribution in [3.8, 4) is 11.4 Å². The number of rotatable bonds is 3. The lowest BCUT2D eigenvalue weighted by Crippen LogP contribution is -2.04. The van der Waals surface area contributed by atoms with Crippen LogP contribution in [-0.4, -0.2) is 22.5 Å². The van der Waals surface area contributed by atoms with Crippen molar-refractivity contribution in [1.29, 1.82) is 0 Å². The second-order valence-electron chi connectivity index (χ2n) is 3.35. The average molecular weight is 248 g/mol. The van der Waals surface area contributed by atoms with Gasteiger partial charge in [0.1, 0.15) is 10.6 Å². The van der Waals surface area contributed by atoms with E-state index in [0.717, 1.165) is 5.01 Å². The first-order chi connectivity index (χ1) is 8.22. The number of hydrogen-bond acceptors (Lipinski definition) is 5. The van der Waals surface area contributed by atoms with Gasteiger partial charge in [0.05, 0.1) is 17.3 Å². The number of hydrogen-bond donors (Lipinski definition) is 0. The van der Waals surface area contributed by atoms with Gasteiger partial charge in [-0.15, -0.1) is 11.3 Å². The normalized spacial score (nSPS) is 10.2. The van der Waals surface area contributed by atoms with Crippen molar-refractivity contribution in [1.82, 2.24) is 9.97 Å². The van der Waals surface area contributed by atoms with Crippen LogP contribution in [0.2, 0.25) is 0 Å². The molecule has 0 bridgehead atoms. The van der Waals surface area contributed by atoms with Crippen LogP contribution in [0.15, 0.2) is 24.4 Å². The predicted octanol–water partition coefficient (Wildman–Crippen LogP) is 2.69. The van der Waals surface area contributed by atoms with Crippen LogP contribution < -0.4 is 0 Å². The van der Waals surface area contributed by atoms with E-state index in [1.807, 2.05) is 25.1 Å². The molecule has 0 aliphatic rings. The molecule has 0 fully saturated rings. The van der Waals surface area contributed by atoms with Crippen LogP contribution in [-0.2, 0) is 4.74 Å². The second-order valence-corrected chi connectivity index (χ2v) is 4.55. The molecule has 88 valence electrons. The first-order valence-corrected chi connectivity index (χ1v) is 6.10. The summed E-state index contributed by atoms with van der Waals surface area (Å²) in [6.45, 7) is 4.00. The van der Waals surface area contributed by atoms with Crippen molar-refractivity contribution in [2.75, 3.05) is 6.61 Å². The minimum absolute atomic E-state index is 0.334. The van der Waals surface area contributed by atoms with E-state index >= 15 is 0 Å². The van der Waals surface area contributed by atoms with Crippen molar-refractivity contribution >= 4 is 17.3 Å². The van der Waals surface area contributed by atoms with Crippen LogP contribution in [0.25, 0.3) is 11.4 Å². The van der Waals surface area contributed by atoms with Crippen molar-refractivity contribution < 1.29 is 9.53 Å². The van der Waals surface area contributed by atoms with E-state index in [9.17, 15) is 4.79 Å². The van der Waals surface area contributed by atoms with Gasteiger partial charge in [0.25, 0.3) is 0 Å². The quantitative estimate of drug-likeness (QED) is 0.784. The molecule has 2 aromatic rings. The van der Waals surface area contributed by atoms with Gasteiger partial charge in [0.15, 0.2) is 0 Å². The van der Waals surface area contributed by atoms with Crippen LogP contribution in [0.1, 0.15) is 21.6 Å². The molecular formula is C12H12N2O2S. The Balaban J connectivity index is 2.44. The van der Waals surface area contributed by atoms with Crippen molar-refractivity contribution in [2.45, 2.75) is 13.8 Å². The summed E-state index contributed by atoms with van der Waals surface area (Å²) in [6, 6.07) is 5.52. The molecule has 2 rings (SSSR count). The van der Waals surface area contributed by atoms with Gasteiger partial charge in [-0.2, -0.15) is 0 Å². The number of pyridine rings is 1. The lowest BCUT2D eigenvalue weighted by molar-refractivity contribution is 0.0532. The molecule has 0 spiro atoms. The molecule has 0 atom stereocenters. The third kappa shape index (κ3) is 2.50. The summed E-state index contributed by atoms with van der Waals surface area (Å²) in [5.41, 5.74) is 1.30. The summed E-state index contributed by atoms with van der Waals surface area (Å²) in [5.74, 6) is -0.334. The number of ether oxygens (including phenoxy) is 1. The smallest absolute Gasteiger partial charge is 0.350 e. The third-order valence-electron chi connectivity index (χ3n) is 2.10. The molecule has 0 amide bonds. The monoisotopic (exact) mass is 248 g/mol. The number of esters is 1. The average Bonchev–Trinajstić information content (AvgIpc) is 2.73. The van der Waals surface area contributed by atoms with Gasteiger partial charge in [-0.1, -0.05) is 6.07 Å². The Bertz CT molecular complexity index is 523. The predicted molar refractivity (Wildman–Crippen MR) is 66.0 cm³/mol. The van der Waals surface area contributed by atoms with E-state index < -0.39 is 0 Å². The van der Waals surface area contributed by atoms with Gasteiger partial charge in [0, 0.05) is 6.20 Å². The summed E-state index contributed by atoms with van der Waals surface area (Å²) in [7, 11) is 0. The van der Waals surface area contributed by atoms with Gasteiger partial charge < -0.3 is 4.74 Å².